The molecule has 20 heavy (non-hydrogen) atoms. The Balaban J connectivity index is 1.58. The van der Waals surface area contributed by atoms with E-state index in [1.165, 1.54) is 18.6 Å². The van der Waals surface area contributed by atoms with Gasteiger partial charge in [0.1, 0.15) is 5.82 Å². The van der Waals surface area contributed by atoms with E-state index < -0.39 is 0 Å². The van der Waals surface area contributed by atoms with Crippen LogP contribution >= 0.6 is 0 Å². The van der Waals surface area contributed by atoms with Gasteiger partial charge in [-0.15, -0.1) is 0 Å². The molecule has 3 rings (SSSR count). The van der Waals surface area contributed by atoms with Crippen LogP contribution in [-0.2, 0) is 11.2 Å². The Labute approximate surface area is 119 Å². The zero-order chi connectivity index (χ0) is 13.9. The molecular formula is C16H21FN2O. The van der Waals surface area contributed by atoms with E-state index in [0.717, 1.165) is 44.1 Å². The molecule has 2 aliphatic heterocycles. The zero-order valence-corrected chi connectivity index (χ0v) is 11.6. The third-order valence-electron chi connectivity index (χ3n) is 4.61. The van der Waals surface area contributed by atoms with E-state index in [4.69, 9.17) is 0 Å². The van der Waals surface area contributed by atoms with Gasteiger partial charge in [-0.3, -0.25) is 4.79 Å². The number of nitrogens with one attached hydrogen (secondary N) is 1. The monoisotopic (exact) mass is 276 g/mol. The molecule has 0 aromatic heterocycles. The summed E-state index contributed by atoms with van der Waals surface area (Å²) in [6, 6.07) is 6.23. The summed E-state index contributed by atoms with van der Waals surface area (Å²) in [5.74, 6) is 1.30. The van der Waals surface area contributed by atoms with Crippen molar-refractivity contribution < 1.29 is 9.18 Å². The van der Waals surface area contributed by atoms with Crippen molar-refractivity contribution in [2.24, 2.45) is 11.8 Å². The summed E-state index contributed by atoms with van der Waals surface area (Å²) in [7, 11) is 0. The number of likely N-dealkylation sites (tertiary alicyclic amines) is 1. The van der Waals surface area contributed by atoms with Crippen LogP contribution in [0.4, 0.5) is 4.39 Å². The van der Waals surface area contributed by atoms with Crippen molar-refractivity contribution in [2.75, 3.05) is 26.2 Å². The third-order valence-corrected chi connectivity index (χ3v) is 4.61. The molecule has 1 N–H and O–H groups in total. The Morgan fingerprint density at radius 1 is 1.25 bits per heavy atom. The van der Waals surface area contributed by atoms with Crippen molar-refractivity contribution in [1.82, 2.24) is 10.2 Å². The quantitative estimate of drug-likeness (QED) is 0.894. The van der Waals surface area contributed by atoms with Crippen molar-refractivity contribution in [2.45, 2.75) is 19.3 Å². The van der Waals surface area contributed by atoms with Crippen LogP contribution in [0.3, 0.4) is 0 Å². The lowest BCUT2D eigenvalue weighted by Crippen LogP contribution is -2.50. The molecule has 1 aromatic rings. The van der Waals surface area contributed by atoms with Crippen LogP contribution in [0.15, 0.2) is 24.3 Å². The van der Waals surface area contributed by atoms with Gasteiger partial charge in [0.05, 0.1) is 6.42 Å². The Morgan fingerprint density at radius 2 is 2.05 bits per heavy atom. The van der Waals surface area contributed by atoms with E-state index in [1.54, 1.807) is 12.1 Å². The summed E-state index contributed by atoms with van der Waals surface area (Å²) in [6.45, 7) is 3.90. The third kappa shape index (κ3) is 3.01. The molecule has 3 nitrogen and oxygen atoms in total. The molecule has 2 fully saturated rings. The fraction of sp³-hybridized carbons (Fsp3) is 0.562. The van der Waals surface area contributed by atoms with Crippen LogP contribution in [0, 0.1) is 17.7 Å². The molecule has 4 heteroatoms. The number of hydrogen-bond acceptors (Lipinski definition) is 2. The number of nitrogens with zero attached hydrogens (tertiary/aromatic N) is 1. The van der Waals surface area contributed by atoms with Crippen LogP contribution in [0.25, 0.3) is 0 Å². The van der Waals surface area contributed by atoms with Gasteiger partial charge in [0.25, 0.3) is 0 Å². The minimum atomic E-state index is -0.254. The fourth-order valence-corrected chi connectivity index (χ4v) is 3.38. The average molecular weight is 276 g/mol. The number of carbonyl (C=O) groups is 1. The number of carbonyl (C=O) groups excluding carboxylic acids is 1. The van der Waals surface area contributed by atoms with Crippen LogP contribution < -0.4 is 5.32 Å². The second-order valence-electron chi connectivity index (χ2n) is 5.94. The minimum absolute atomic E-state index is 0.167. The molecule has 0 aliphatic carbocycles. The van der Waals surface area contributed by atoms with Gasteiger partial charge in [-0.25, -0.2) is 4.39 Å². The maximum absolute atomic E-state index is 12.9. The molecule has 2 heterocycles. The maximum atomic E-state index is 12.9. The molecule has 2 unspecified atom stereocenters. The van der Waals surface area contributed by atoms with Gasteiger partial charge in [0.2, 0.25) is 5.91 Å². The number of hydrogen-bond donors (Lipinski definition) is 1. The van der Waals surface area contributed by atoms with Gasteiger partial charge in [0.15, 0.2) is 0 Å². The van der Waals surface area contributed by atoms with Crippen LogP contribution in [0.2, 0.25) is 0 Å². The molecule has 0 spiro atoms. The van der Waals surface area contributed by atoms with Gasteiger partial charge in [-0.1, -0.05) is 12.1 Å². The normalized spacial score (nSPS) is 26.1. The van der Waals surface area contributed by atoms with Crippen LogP contribution in [0.1, 0.15) is 18.4 Å². The SMILES string of the molecule is O=C(Cc1ccc(F)cc1)N1CCC2CCNCC2C1. The molecule has 0 radical (unpaired) electrons. The van der Waals surface area contributed by atoms with Crippen molar-refractivity contribution in [3.8, 4) is 0 Å². The maximum Gasteiger partial charge on any atom is 0.226 e. The van der Waals surface area contributed by atoms with Crippen molar-refractivity contribution in [1.29, 1.82) is 0 Å². The topological polar surface area (TPSA) is 32.3 Å². The lowest BCUT2D eigenvalue weighted by molar-refractivity contribution is -0.133. The average Bonchev–Trinajstić information content (AvgIpc) is 2.49. The smallest absolute Gasteiger partial charge is 0.226 e. The molecule has 1 amide bonds. The molecule has 2 atom stereocenters. The molecule has 2 aliphatic rings. The summed E-state index contributed by atoms with van der Waals surface area (Å²) in [5, 5.41) is 3.42. The Bertz CT molecular complexity index is 474. The highest BCUT2D eigenvalue weighted by Crippen LogP contribution is 2.28. The van der Waals surface area contributed by atoms with Crippen LogP contribution in [0.5, 0.6) is 0 Å². The highest BCUT2D eigenvalue weighted by molar-refractivity contribution is 5.78. The number of amides is 1. The fourth-order valence-electron chi connectivity index (χ4n) is 3.38. The highest BCUT2D eigenvalue weighted by atomic mass is 19.1. The largest absolute Gasteiger partial charge is 0.342 e. The zero-order valence-electron chi connectivity index (χ0n) is 11.6. The molecule has 0 bridgehead atoms. The first-order chi connectivity index (χ1) is 9.72. The van der Waals surface area contributed by atoms with Gasteiger partial charge < -0.3 is 10.2 Å². The molecule has 1 aromatic carbocycles. The summed E-state index contributed by atoms with van der Waals surface area (Å²) in [5.41, 5.74) is 0.889. The highest BCUT2D eigenvalue weighted by Gasteiger charge is 2.32. The summed E-state index contributed by atoms with van der Waals surface area (Å²) in [4.78, 5) is 14.3. The Kier molecular flexibility index (Phi) is 4.01. The van der Waals surface area contributed by atoms with Crippen molar-refractivity contribution in [3.63, 3.8) is 0 Å². The Hall–Kier alpha value is -1.42. The molecular weight excluding hydrogens is 255 g/mol. The van der Waals surface area contributed by atoms with Crippen molar-refractivity contribution in [3.05, 3.63) is 35.6 Å². The molecule has 108 valence electrons. The molecule has 2 saturated heterocycles. The van der Waals surface area contributed by atoms with Gasteiger partial charge in [-0.2, -0.15) is 0 Å². The first kappa shape index (κ1) is 13.6. The van der Waals surface area contributed by atoms with E-state index >= 15 is 0 Å². The Morgan fingerprint density at radius 3 is 2.85 bits per heavy atom. The van der Waals surface area contributed by atoms with Crippen molar-refractivity contribution >= 4 is 5.91 Å². The van der Waals surface area contributed by atoms with E-state index in [0.29, 0.717) is 12.3 Å². The first-order valence-electron chi connectivity index (χ1n) is 7.45. The van der Waals surface area contributed by atoms with E-state index in [9.17, 15) is 9.18 Å². The summed E-state index contributed by atoms with van der Waals surface area (Å²) >= 11 is 0. The van der Waals surface area contributed by atoms with E-state index in [1.807, 2.05) is 4.90 Å². The predicted molar refractivity (Wildman–Crippen MR) is 75.8 cm³/mol. The van der Waals surface area contributed by atoms with Gasteiger partial charge in [-0.05, 0) is 55.5 Å². The van der Waals surface area contributed by atoms with Gasteiger partial charge in [0, 0.05) is 13.1 Å². The lowest BCUT2D eigenvalue weighted by atomic mass is 9.81. The van der Waals surface area contributed by atoms with Crippen LogP contribution in [-0.4, -0.2) is 37.0 Å². The predicted octanol–water partition coefficient (Wildman–Crippen LogP) is 1.83. The van der Waals surface area contributed by atoms with E-state index in [2.05, 4.69) is 5.32 Å². The number of piperidine rings is 2. The summed E-state index contributed by atoms with van der Waals surface area (Å²) < 4.78 is 12.9. The second kappa shape index (κ2) is 5.92. The van der Waals surface area contributed by atoms with Gasteiger partial charge >= 0.3 is 0 Å². The van der Waals surface area contributed by atoms with E-state index in [-0.39, 0.29) is 11.7 Å². The second-order valence-corrected chi connectivity index (χ2v) is 5.94. The molecule has 0 saturated carbocycles. The summed E-state index contributed by atoms with van der Waals surface area (Å²) in [6.07, 6.45) is 2.75. The first-order valence-corrected chi connectivity index (χ1v) is 7.45. The lowest BCUT2D eigenvalue weighted by Gasteiger charge is -2.41. The minimum Gasteiger partial charge on any atom is -0.342 e. The number of halogens is 1. The number of rotatable bonds is 2. The number of benzene rings is 1. The number of fused-ring (bicyclic) bond motifs is 1. The standard InChI is InChI=1S/C16H21FN2O/c17-15-3-1-12(2-4-15)9-16(20)19-8-6-13-5-7-18-10-14(13)11-19/h1-4,13-14,18H,5-11H2.